The monoisotopic (exact) mass is 1200 g/mol. The minimum Gasteiger partial charge on any atom is -0.390 e. The lowest BCUT2D eigenvalue weighted by Gasteiger charge is -2.41. The Morgan fingerprint density at radius 3 is 1.29 bits per heavy atom. The summed E-state index contributed by atoms with van der Waals surface area (Å²) >= 11 is 0. The first kappa shape index (κ1) is 77.1. The summed E-state index contributed by atoms with van der Waals surface area (Å²) in [5.41, 5.74) is 0. The van der Waals surface area contributed by atoms with Gasteiger partial charge in [0.2, 0.25) is 65.0 Å². The molecule has 0 radical (unpaired) electrons. The van der Waals surface area contributed by atoms with Gasteiger partial charge in [-0.1, -0.05) is 117 Å². The van der Waals surface area contributed by atoms with Crippen molar-refractivity contribution in [2.75, 3.05) is 55.9 Å². The van der Waals surface area contributed by atoms with Gasteiger partial charge >= 0.3 is 0 Å². The SMILES string of the molecule is CCCCC(C)C(O)C1C(=O)NC(CC)C(=O)N(C)CC(=O)N(C)C(CC(C)C)C(=O)NC(C(C)C)C(=O)N(C)C(CC(C)C)C(=O)NC(C)C(=O)NC(C)C(=O)N(C)C(CC(C)C)C(=O)N(C)C(CC(C)C)C(=O)N(C)C(C(C)C)C(=O)N1C. The molecule has 0 spiro atoms. The third-order valence-corrected chi connectivity index (χ3v) is 16.3. The third kappa shape index (κ3) is 21.8. The molecular weight excluding hydrogens is 1090 g/mol. The molecule has 1 rings (SSSR count). The van der Waals surface area contributed by atoms with Gasteiger partial charge in [-0.2, -0.15) is 0 Å². The molecule has 1 saturated heterocycles. The van der Waals surface area contributed by atoms with E-state index < -0.39 is 156 Å². The molecule has 1 aliphatic heterocycles. The zero-order chi connectivity index (χ0) is 66.0. The molecule has 0 saturated carbocycles. The molecule has 0 aromatic heterocycles. The van der Waals surface area contributed by atoms with Gasteiger partial charge < -0.3 is 60.7 Å². The van der Waals surface area contributed by atoms with Crippen LogP contribution in [-0.2, 0) is 52.7 Å². The van der Waals surface area contributed by atoms with E-state index in [1.165, 1.54) is 87.7 Å². The van der Waals surface area contributed by atoms with E-state index in [1.807, 2.05) is 62.3 Å². The quantitative estimate of drug-likeness (QED) is 0.149. The van der Waals surface area contributed by atoms with Gasteiger partial charge in [0, 0.05) is 49.3 Å². The first-order valence-corrected chi connectivity index (χ1v) is 31.0. The standard InChI is InChI=1S/C62H113N11O12/c1-25-27-28-40(15)52(75)51-56(79)65-43(26-2)58(81)67(18)33-48(74)68(19)44(29-34(3)4)55(78)66-49(38(11)12)61(84)69(20)45(30-35(5)6)54(77)63-41(16)53(76)64-42(17)57(80)70(21)46(31-36(7)8)59(82)71(22)47(32-37(9)10)60(83)72(23)50(39(13)14)62(85)73(51)24/h34-47,49-52,75H,25-33H2,1-24H3,(H,63,77)(H,64,76)(H,65,79)(H,66,78). The molecule has 1 aliphatic rings. The fourth-order valence-corrected chi connectivity index (χ4v) is 10.9. The van der Waals surface area contributed by atoms with Gasteiger partial charge in [-0.05, 0) is 93.8 Å². The van der Waals surface area contributed by atoms with Crippen LogP contribution < -0.4 is 21.3 Å². The molecule has 0 aromatic rings. The second-order valence-electron chi connectivity index (χ2n) is 26.4. The number of carbonyl (C=O) groups excluding carboxylic acids is 11. The van der Waals surface area contributed by atoms with Gasteiger partial charge in [0.15, 0.2) is 0 Å². The van der Waals surface area contributed by atoms with Crippen LogP contribution in [0.1, 0.15) is 169 Å². The second-order valence-corrected chi connectivity index (χ2v) is 26.4. The Balaban J connectivity index is 4.31. The smallest absolute Gasteiger partial charge is 0.246 e. The topological polar surface area (TPSA) is 279 Å². The van der Waals surface area contributed by atoms with Crippen LogP contribution in [0.4, 0.5) is 0 Å². The van der Waals surface area contributed by atoms with E-state index in [9.17, 15) is 48.3 Å². The van der Waals surface area contributed by atoms with Gasteiger partial charge in [-0.3, -0.25) is 52.7 Å². The largest absolute Gasteiger partial charge is 0.390 e. The Bertz CT molecular complexity index is 2280. The summed E-state index contributed by atoms with van der Waals surface area (Å²) in [6.07, 6.45) is 1.20. The van der Waals surface area contributed by atoms with Crippen LogP contribution in [0, 0.1) is 41.4 Å². The molecule has 0 aliphatic carbocycles. The van der Waals surface area contributed by atoms with Crippen molar-refractivity contribution in [3.63, 3.8) is 0 Å². The lowest BCUT2D eigenvalue weighted by molar-refractivity contribution is -0.157. The number of unbranched alkanes of at least 4 members (excludes halogenated alkanes) is 1. The summed E-state index contributed by atoms with van der Waals surface area (Å²) < 4.78 is 0. The summed E-state index contributed by atoms with van der Waals surface area (Å²) in [5, 5.41) is 23.1. The number of aliphatic hydroxyl groups excluding tert-OH is 1. The number of hydrogen-bond acceptors (Lipinski definition) is 12. The van der Waals surface area contributed by atoms with Gasteiger partial charge in [-0.15, -0.1) is 0 Å². The summed E-state index contributed by atoms with van der Waals surface area (Å²) in [5.74, 6) is -9.50. The third-order valence-electron chi connectivity index (χ3n) is 16.3. The van der Waals surface area contributed by atoms with Crippen LogP contribution in [0.3, 0.4) is 0 Å². The molecule has 1 heterocycles. The molecule has 0 bridgehead atoms. The molecule has 5 N–H and O–H groups in total. The van der Waals surface area contributed by atoms with Gasteiger partial charge in [0.25, 0.3) is 0 Å². The first-order valence-electron chi connectivity index (χ1n) is 31.0. The minimum atomic E-state index is -1.58. The number of carbonyl (C=O) groups is 11. The maximum Gasteiger partial charge on any atom is 0.246 e. The lowest BCUT2D eigenvalue weighted by atomic mass is 9.90. The fraction of sp³-hybridized carbons (Fsp3) is 0.823. The van der Waals surface area contributed by atoms with Crippen molar-refractivity contribution >= 4 is 65.0 Å². The Labute approximate surface area is 509 Å². The number of rotatable bonds is 16. The predicted octanol–water partition coefficient (Wildman–Crippen LogP) is 3.49. The number of nitrogens with one attached hydrogen (secondary N) is 4. The number of hydrogen-bond donors (Lipinski definition) is 5. The number of likely N-dealkylation sites (N-methyl/N-ethyl adjacent to an activating group) is 7. The first-order chi connectivity index (χ1) is 39.2. The van der Waals surface area contributed by atoms with Crippen LogP contribution in [0.5, 0.6) is 0 Å². The van der Waals surface area contributed by atoms with E-state index in [2.05, 4.69) is 21.3 Å². The molecule has 85 heavy (non-hydrogen) atoms. The van der Waals surface area contributed by atoms with Gasteiger partial charge in [0.1, 0.15) is 60.4 Å². The molecule has 12 unspecified atom stereocenters. The summed E-state index contributed by atoms with van der Waals surface area (Å²) in [6.45, 7) is 29.6. The maximum atomic E-state index is 15.1. The van der Waals surface area contributed by atoms with E-state index in [4.69, 9.17) is 0 Å². The Hall–Kier alpha value is -5.87. The highest BCUT2D eigenvalue weighted by Crippen LogP contribution is 2.26. The summed E-state index contributed by atoms with van der Waals surface area (Å²) in [7, 11) is 9.97. The van der Waals surface area contributed by atoms with Crippen LogP contribution in [-0.4, -0.2) is 227 Å². The zero-order valence-corrected chi connectivity index (χ0v) is 56.3. The van der Waals surface area contributed by atoms with E-state index >= 15 is 9.59 Å². The van der Waals surface area contributed by atoms with E-state index in [-0.39, 0.29) is 55.8 Å². The summed E-state index contributed by atoms with van der Waals surface area (Å²) in [6, 6.07) is -12.2. The highest BCUT2D eigenvalue weighted by Gasteiger charge is 2.46. The summed E-state index contributed by atoms with van der Waals surface area (Å²) in [4.78, 5) is 169. The lowest BCUT2D eigenvalue weighted by Crippen LogP contribution is -2.63. The van der Waals surface area contributed by atoms with Crippen LogP contribution in [0.2, 0.25) is 0 Å². The molecule has 23 nitrogen and oxygen atoms in total. The van der Waals surface area contributed by atoms with Crippen LogP contribution in [0.25, 0.3) is 0 Å². The molecule has 0 aromatic carbocycles. The Kier molecular flexibility index (Phi) is 31.8. The second kappa shape index (κ2) is 35.1. The van der Waals surface area contributed by atoms with Crippen molar-refractivity contribution < 1.29 is 57.8 Å². The molecular formula is C62H113N11O12. The van der Waals surface area contributed by atoms with Crippen molar-refractivity contribution in [1.29, 1.82) is 0 Å². The van der Waals surface area contributed by atoms with Gasteiger partial charge in [-0.25, -0.2) is 0 Å². The number of amides is 11. The predicted molar refractivity (Wildman–Crippen MR) is 329 cm³/mol. The average molecular weight is 1200 g/mol. The van der Waals surface area contributed by atoms with Crippen LogP contribution >= 0.6 is 0 Å². The van der Waals surface area contributed by atoms with E-state index in [0.717, 1.165) is 16.2 Å². The normalized spacial score (nSPS) is 26.8. The molecule has 12 atom stereocenters. The highest BCUT2D eigenvalue weighted by molar-refractivity contribution is 5.99. The van der Waals surface area contributed by atoms with Crippen molar-refractivity contribution in [2.45, 2.75) is 236 Å². The highest BCUT2D eigenvalue weighted by atomic mass is 16.3. The number of aliphatic hydroxyl groups is 1. The van der Waals surface area contributed by atoms with Crippen molar-refractivity contribution in [1.82, 2.24) is 55.6 Å². The minimum absolute atomic E-state index is 0.0340. The Morgan fingerprint density at radius 1 is 0.435 bits per heavy atom. The van der Waals surface area contributed by atoms with E-state index in [1.54, 1.807) is 41.5 Å². The van der Waals surface area contributed by atoms with Crippen LogP contribution in [0.15, 0.2) is 0 Å². The molecule has 11 amide bonds. The number of nitrogens with zero attached hydrogens (tertiary/aromatic N) is 7. The molecule has 23 heteroatoms. The molecule has 488 valence electrons. The van der Waals surface area contributed by atoms with Gasteiger partial charge in [0.05, 0.1) is 12.6 Å². The fourth-order valence-electron chi connectivity index (χ4n) is 10.9. The van der Waals surface area contributed by atoms with Crippen molar-refractivity contribution in [3.05, 3.63) is 0 Å². The Morgan fingerprint density at radius 2 is 0.847 bits per heavy atom. The molecule has 1 fully saturated rings. The maximum absolute atomic E-state index is 15.1. The van der Waals surface area contributed by atoms with Crippen molar-refractivity contribution in [3.8, 4) is 0 Å². The van der Waals surface area contributed by atoms with Crippen molar-refractivity contribution in [2.24, 2.45) is 41.4 Å². The van der Waals surface area contributed by atoms with E-state index in [0.29, 0.717) is 12.8 Å². The average Bonchev–Trinajstić information content (AvgIpc) is 3.62. The zero-order valence-electron chi connectivity index (χ0n) is 56.3.